The number of thiocarbonyl (C=S) groups is 1. The molecule has 9 heavy (non-hydrogen) atoms. The Kier molecular flexibility index (Phi) is 2.20. The van der Waals surface area contributed by atoms with Gasteiger partial charge in [-0.2, -0.15) is 0 Å². The maximum absolute atomic E-state index is 4.53. The summed E-state index contributed by atoms with van der Waals surface area (Å²) >= 11 is 4.53. The third kappa shape index (κ3) is 1.80. The van der Waals surface area contributed by atoms with Crippen molar-refractivity contribution in [2.75, 3.05) is 0 Å². The molecular weight excluding hydrogens is 128 g/mol. The molecule has 0 atom stereocenters. The third-order valence-electron chi connectivity index (χ3n) is 1.03. The lowest BCUT2D eigenvalue weighted by Gasteiger charge is -1.84. The van der Waals surface area contributed by atoms with Crippen LogP contribution in [0.3, 0.4) is 0 Å². The standard InChI is InChI=1S/C8H6S/c9-7-6-8-4-2-1-3-5-8/h1-6H. The van der Waals surface area contributed by atoms with Crippen molar-refractivity contribution in [3.63, 3.8) is 0 Å². The van der Waals surface area contributed by atoms with Gasteiger partial charge in [0.25, 0.3) is 0 Å². The first kappa shape index (κ1) is 6.21. The normalized spacial score (nSPS) is 8.00. The Morgan fingerprint density at radius 1 is 1.22 bits per heavy atom. The highest BCUT2D eigenvalue weighted by molar-refractivity contribution is 7.78. The van der Waals surface area contributed by atoms with Crippen molar-refractivity contribution in [1.29, 1.82) is 0 Å². The van der Waals surface area contributed by atoms with Crippen LogP contribution >= 0.6 is 12.2 Å². The zero-order valence-corrected chi connectivity index (χ0v) is 5.69. The first-order chi connectivity index (χ1) is 4.43. The fourth-order valence-electron chi connectivity index (χ4n) is 0.617. The molecule has 1 aromatic carbocycles. The van der Waals surface area contributed by atoms with E-state index in [1.165, 1.54) is 0 Å². The Hall–Kier alpha value is -0.910. The van der Waals surface area contributed by atoms with Crippen LogP contribution in [0.15, 0.2) is 30.3 Å². The van der Waals surface area contributed by atoms with Crippen LogP contribution in [-0.4, -0.2) is 5.02 Å². The van der Waals surface area contributed by atoms with E-state index >= 15 is 0 Å². The number of hydrogen-bond donors (Lipinski definition) is 0. The summed E-state index contributed by atoms with van der Waals surface area (Å²) in [4.78, 5) is 0. The van der Waals surface area contributed by atoms with E-state index in [0.717, 1.165) is 5.56 Å². The molecule has 1 aromatic rings. The van der Waals surface area contributed by atoms with E-state index in [1.54, 1.807) is 6.08 Å². The van der Waals surface area contributed by atoms with Gasteiger partial charge in [0.2, 0.25) is 0 Å². The molecule has 0 saturated heterocycles. The highest BCUT2D eigenvalue weighted by atomic mass is 32.1. The number of hydrogen-bond acceptors (Lipinski definition) is 1. The maximum Gasteiger partial charge on any atom is -0.00111 e. The lowest BCUT2D eigenvalue weighted by atomic mass is 10.2. The van der Waals surface area contributed by atoms with E-state index in [0.29, 0.717) is 0 Å². The van der Waals surface area contributed by atoms with Crippen molar-refractivity contribution in [2.24, 2.45) is 0 Å². The Balaban J connectivity index is 2.97. The molecule has 0 radical (unpaired) electrons. The Labute approximate surface area is 59.8 Å². The van der Waals surface area contributed by atoms with Gasteiger partial charge < -0.3 is 0 Å². The smallest absolute Gasteiger partial charge is 0.00111 e. The third-order valence-corrected chi connectivity index (χ3v) is 1.14. The summed E-state index contributed by atoms with van der Waals surface area (Å²) < 4.78 is 0. The minimum Gasteiger partial charge on any atom is -0.0622 e. The predicted molar refractivity (Wildman–Crippen MR) is 43.5 cm³/mol. The summed E-state index contributed by atoms with van der Waals surface area (Å²) in [5.41, 5.74) is 1.10. The summed E-state index contributed by atoms with van der Waals surface area (Å²) in [6.07, 6.45) is 1.77. The van der Waals surface area contributed by atoms with Crippen molar-refractivity contribution in [1.82, 2.24) is 0 Å². The first-order valence-electron chi connectivity index (χ1n) is 2.69. The fraction of sp³-hybridized carbons (Fsp3) is 0. The molecule has 0 aliphatic carbocycles. The Morgan fingerprint density at radius 2 is 1.89 bits per heavy atom. The zero-order valence-electron chi connectivity index (χ0n) is 4.87. The molecule has 0 spiro atoms. The summed E-state index contributed by atoms with van der Waals surface area (Å²) in [6.45, 7) is 0. The van der Waals surface area contributed by atoms with Gasteiger partial charge in [-0.25, -0.2) is 0 Å². The monoisotopic (exact) mass is 134 g/mol. The largest absolute Gasteiger partial charge is 0.0622 e. The molecule has 1 rings (SSSR count). The second-order valence-corrected chi connectivity index (χ2v) is 1.91. The van der Waals surface area contributed by atoms with Crippen molar-refractivity contribution in [3.05, 3.63) is 35.9 Å². The molecule has 0 aromatic heterocycles. The quantitative estimate of drug-likeness (QED) is 0.531. The molecule has 0 bridgehead atoms. The lowest BCUT2D eigenvalue weighted by molar-refractivity contribution is 1.67. The summed E-state index contributed by atoms with van der Waals surface area (Å²) in [5.74, 6) is 0. The molecule has 0 aliphatic heterocycles. The average Bonchev–Trinajstić information content (AvgIpc) is 1.91. The van der Waals surface area contributed by atoms with Gasteiger partial charge in [0.15, 0.2) is 0 Å². The summed E-state index contributed by atoms with van der Waals surface area (Å²) in [5, 5.41) is 2.54. The topological polar surface area (TPSA) is 0 Å². The second kappa shape index (κ2) is 3.18. The fourth-order valence-corrected chi connectivity index (χ4v) is 0.753. The highest BCUT2D eigenvalue weighted by Gasteiger charge is 1.77. The molecule has 0 nitrogen and oxygen atoms in total. The summed E-state index contributed by atoms with van der Waals surface area (Å²) in [6, 6.07) is 9.89. The van der Waals surface area contributed by atoms with Crippen molar-refractivity contribution in [2.45, 2.75) is 0 Å². The first-order valence-corrected chi connectivity index (χ1v) is 3.10. The molecular formula is C8H6S. The van der Waals surface area contributed by atoms with Crippen LogP contribution in [0.25, 0.3) is 6.08 Å². The van der Waals surface area contributed by atoms with Crippen molar-refractivity contribution < 1.29 is 0 Å². The lowest BCUT2D eigenvalue weighted by Crippen LogP contribution is -1.65. The second-order valence-electron chi connectivity index (χ2n) is 1.67. The SMILES string of the molecule is S=C=Cc1ccccc1. The van der Waals surface area contributed by atoms with Crippen molar-refractivity contribution in [3.8, 4) is 0 Å². The molecule has 0 aliphatic rings. The van der Waals surface area contributed by atoms with E-state index in [2.05, 4.69) is 17.2 Å². The van der Waals surface area contributed by atoms with Gasteiger partial charge in [-0.05, 0) is 28.9 Å². The van der Waals surface area contributed by atoms with Gasteiger partial charge in [-0.3, -0.25) is 0 Å². The molecule has 0 saturated carbocycles. The molecule has 0 N–H and O–H groups in total. The van der Waals surface area contributed by atoms with Gasteiger partial charge in [-0.15, -0.1) is 0 Å². The van der Waals surface area contributed by atoms with Crippen LogP contribution in [0.2, 0.25) is 0 Å². The number of benzene rings is 1. The average molecular weight is 134 g/mol. The van der Waals surface area contributed by atoms with Gasteiger partial charge in [-0.1, -0.05) is 30.3 Å². The van der Waals surface area contributed by atoms with Crippen LogP contribution in [0.1, 0.15) is 5.56 Å². The molecule has 0 amide bonds. The minimum atomic E-state index is 1.10. The van der Waals surface area contributed by atoms with Crippen LogP contribution in [0, 0.1) is 0 Å². The van der Waals surface area contributed by atoms with Crippen LogP contribution in [-0.2, 0) is 0 Å². The van der Waals surface area contributed by atoms with E-state index in [-0.39, 0.29) is 0 Å². The van der Waals surface area contributed by atoms with E-state index in [1.807, 2.05) is 30.3 Å². The Bertz CT molecular complexity index is 220. The number of rotatable bonds is 1. The predicted octanol–water partition coefficient (Wildman–Crippen LogP) is 2.30. The summed E-state index contributed by atoms with van der Waals surface area (Å²) in [7, 11) is 0. The highest BCUT2D eigenvalue weighted by Crippen LogP contribution is 1.97. The molecule has 0 fully saturated rings. The maximum atomic E-state index is 4.53. The van der Waals surface area contributed by atoms with Gasteiger partial charge in [0.05, 0.1) is 0 Å². The van der Waals surface area contributed by atoms with E-state index < -0.39 is 0 Å². The van der Waals surface area contributed by atoms with Gasteiger partial charge in [0.1, 0.15) is 0 Å². The van der Waals surface area contributed by atoms with Crippen LogP contribution < -0.4 is 0 Å². The molecule has 44 valence electrons. The molecule has 0 heterocycles. The van der Waals surface area contributed by atoms with E-state index in [9.17, 15) is 0 Å². The van der Waals surface area contributed by atoms with Crippen LogP contribution in [0.4, 0.5) is 0 Å². The van der Waals surface area contributed by atoms with E-state index in [4.69, 9.17) is 0 Å². The molecule has 1 heteroatoms. The van der Waals surface area contributed by atoms with Crippen LogP contribution in [0.5, 0.6) is 0 Å². The molecule has 0 unspecified atom stereocenters. The Morgan fingerprint density at radius 3 is 2.44 bits per heavy atom. The van der Waals surface area contributed by atoms with Crippen molar-refractivity contribution >= 4 is 23.3 Å². The zero-order chi connectivity index (χ0) is 6.53. The minimum absolute atomic E-state index is 1.10. The van der Waals surface area contributed by atoms with Gasteiger partial charge in [0, 0.05) is 0 Å². The van der Waals surface area contributed by atoms with Gasteiger partial charge >= 0.3 is 0 Å².